The number of nitrogens with one attached hydrogen (secondary N) is 1. The topological polar surface area (TPSA) is 57.5 Å². The molecule has 0 bridgehead atoms. The number of benzene rings is 2. The van der Waals surface area contributed by atoms with Gasteiger partial charge in [0.15, 0.2) is 0 Å². The fraction of sp³-hybridized carbons (Fsp3) is 0.381. The second-order valence-electron chi connectivity index (χ2n) is 7.64. The van der Waals surface area contributed by atoms with Gasteiger partial charge in [0.25, 0.3) is 8.32 Å². The van der Waals surface area contributed by atoms with Crippen LogP contribution in [-0.2, 0) is 14.0 Å². The van der Waals surface area contributed by atoms with Crippen molar-refractivity contribution in [2.75, 3.05) is 19.8 Å². The molecule has 2 aromatic rings. The first-order valence-electron chi connectivity index (χ1n) is 9.10. The average Bonchev–Trinajstić information content (AvgIpc) is 3.47. The lowest BCUT2D eigenvalue weighted by Gasteiger charge is -2.43. The van der Waals surface area contributed by atoms with Gasteiger partial charge in [0.05, 0.1) is 6.61 Å². The summed E-state index contributed by atoms with van der Waals surface area (Å²) in [7, 11) is -2.54. The largest absolute Gasteiger partial charge is 0.462 e. The summed E-state index contributed by atoms with van der Waals surface area (Å²) in [5, 5.41) is 5.35. The van der Waals surface area contributed by atoms with Crippen molar-refractivity contribution in [2.45, 2.75) is 31.9 Å². The summed E-state index contributed by atoms with van der Waals surface area (Å²) in [4.78, 5) is 11.7. The second kappa shape index (κ2) is 7.74. The first-order valence-corrected chi connectivity index (χ1v) is 11.0. The van der Waals surface area contributed by atoms with E-state index in [9.17, 15) is 4.79 Å². The molecule has 0 amide bonds. The summed E-state index contributed by atoms with van der Waals surface area (Å²) in [6.45, 7) is 8.10. The highest BCUT2D eigenvalue weighted by Crippen LogP contribution is 2.36. The smallest absolute Gasteiger partial charge is 0.324 e. The van der Waals surface area contributed by atoms with Crippen molar-refractivity contribution in [1.82, 2.24) is 5.32 Å². The molecule has 138 valence electrons. The Morgan fingerprint density at radius 1 is 1.00 bits per heavy atom. The highest BCUT2D eigenvalue weighted by molar-refractivity contribution is 6.99. The molecule has 1 heterocycles. The van der Waals surface area contributed by atoms with Crippen molar-refractivity contribution in [3.8, 4) is 0 Å². The standard InChI is InChI=1S/C21H27NO3Si/c1-21(2,3)26(17-10-6-4-7-11-17,18-12-8-5-9-13-18)25-15-14-24-20(23)19-16-22-19/h4-13,19,22H,14-16H2,1-3H3/t19-/m0/s1. The Labute approximate surface area is 156 Å². The Morgan fingerprint density at radius 3 is 1.92 bits per heavy atom. The van der Waals surface area contributed by atoms with Crippen molar-refractivity contribution in [2.24, 2.45) is 0 Å². The van der Waals surface area contributed by atoms with E-state index in [0.29, 0.717) is 13.2 Å². The van der Waals surface area contributed by atoms with Gasteiger partial charge in [-0.3, -0.25) is 4.79 Å². The van der Waals surface area contributed by atoms with Gasteiger partial charge >= 0.3 is 5.97 Å². The van der Waals surface area contributed by atoms with Gasteiger partial charge in [-0.15, -0.1) is 0 Å². The molecular formula is C21H27NO3Si. The second-order valence-corrected chi connectivity index (χ2v) is 11.9. The fourth-order valence-electron chi connectivity index (χ4n) is 3.42. The van der Waals surface area contributed by atoms with Gasteiger partial charge in [0, 0.05) is 6.54 Å². The Morgan fingerprint density at radius 2 is 1.50 bits per heavy atom. The summed E-state index contributed by atoms with van der Waals surface area (Å²) in [6.07, 6.45) is 0. The molecule has 26 heavy (non-hydrogen) atoms. The monoisotopic (exact) mass is 369 g/mol. The maximum Gasteiger partial charge on any atom is 0.324 e. The van der Waals surface area contributed by atoms with E-state index in [1.165, 1.54) is 10.4 Å². The zero-order valence-corrected chi connectivity index (χ0v) is 16.7. The van der Waals surface area contributed by atoms with Crippen LogP contribution in [0.2, 0.25) is 5.04 Å². The first kappa shape index (κ1) is 18.8. The summed E-state index contributed by atoms with van der Waals surface area (Å²) in [5.41, 5.74) is 0. The molecular weight excluding hydrogens is 342 g/mol. The van der Waals surface area contributed by atoms with E-state index in [2.05, 4.69) is 74.6 Å². The molecule has 0 radical (unpaired) electrons. The van der Waals surface area contributed by atoms with E-state index in [-0.39, 0.29) is 23.7 Å². The minimum atomic E-state index is -2.54. The molecule has 1 aliphatic heterocycles. The Bertz CT molecular complexity index is 684. The van der Waals surface area contributed by atoms with Crippen LogP contribution in [0.5, 0.6) is 0 Å². The van der Waals surface area contributed by atoms with E-state index in [1.807, 2.05) is 12.1 Å². The molecule has 1 saturated heterocycles. The van der Waals surface area contributed by atoms with Crippen LogP contribution < -0.4 is 15.7 Å². The third-order valence-electron chi connectivity index (χ3n) is 4.76. The predicted molar refractivity (Wildman–Crippen MR) is 106 cm³/mol. The normalized spacial score (nSPS) is 17.0. The van der Waals surface area contributed by atoms with Crippen LogP contribution in [0.1, 0.15) is 20.8 Å². The minimum absolute atomic E-state index is 0.0717. The molecule has 3 rings (SSSR count). The first-order chi connectivity index (χ1) is 12.4. The van der Waals surface area contributed by atoms with Crippen molar-refractivity contribution < 1.29 is 14.0 Å². The number of hydrogen-bond acceptors (Lipinski definition) is 4. The lowest BCUT2D eigenvalue weighted by Crippen LogP contribution is -2.66. The summed E-state index contributed by atoms with van der Waals surface area (Å²) < 4.78 is 12.0. The third-order valence-corrected chi connectivity index (χ3v) is 9.80. The molecule has 0 unspecified atom stereocenters. The van der Waals surface area contributed by atoms with Crippen LogP contribution in [0.25, 0.3) is 0 Å². The van der Waals surface area contributed by atoms with Crippen LogP contribution in [0.15, 0.2) is 60.7 Å². The van der Waals surface area contributed by atoms with Gasteiger partial charge in [-0.1, -0.05) is 81.4 Å². The number of esters is 1. The molecule has 1 aliphatic rings. The van der Waals surface area contributed by atoms with E-state index >= 15 is 0 Å². The molecule has 5 heteroatoms. The van der Waals surface area contributed by atoms with Crippen LogP contribution in [0, 0.1) is 0 Å². The molecule has 1 fully saturated rings. The van der Waals surface area contributed by atoms with Crippen LogP contribution >= 0.6 is 0 Å². The molecule has 1 atom stereocenters. The number of hydrogen-bond donors (Lipinski definition) is 1. The van der Waals surface area contributed by atoms with Crippen LogP contribution in [0.3, 0.4) is 0 Å². The Kier molecular flexibility index (Phi) is 5.60. The number of carbonyl (C=O) groups excluding carboxylic acids is 1. The van der Waals surface area contributed by atoms with Gasteiger partial charge in [-0.2, -0.15) is 0 Å². The SMILES string of the molecule is CC(C)(C)[Si](OCCOC(=O)[C@@H]1CN1)(c1ccccc1)c1ccccc1. The molecule has 0 aliphatic carbocycles. The van der Waals surface area contributed by atoms with Gasteiger partial charge in [-0.25, -0.2) is 0 Å². The molecule has 2 aromatic carbocycles. The zero-order chi connectivity index (χ0) is 18.6. The predicted octanol–water partition coefficient (Wildman–Crippen LogP) is 2.08. The highest BCUT2D eigenvalue weighted by atomic mass is 28.4. The van der Waals surface area contributed by atoms with Crippen molar-refractivity contribution in [1.29, 1.82) is 0 Å². The van der Waals surface area contributed by atoms with Crippen molar-refractivity contribution >= 4 is 24.7 Å². The molecule has 0 saturated carbocycles. The van der Waals surface area contributed by atoms with E-state index in [4.69, 9.17) is 9.16 Å². The van der Waals surface area contributed by atoms with E-state index in [1.54, 1.807) is 0 Å². The van der Waals surface area contributed by atoms with Gasteiger partial charge < -0.3 is 14.5 Å². The molecule has 0 aromatic heterocycles. The van der Waals surface area contributed by atoms with Crippen molar-refractivity contribution in [3.05, 3.63) is 60.7 Å². The molecule has 1 N–H and O–H groups in total. The zero-order valence-electron chi connectivity index (χ0n) is 15.7. The molecule has 0 spiro atoms. The Balaban J connectivity index is 1.88. The summed E-state index contributed by atoms with van der Waals surface area (Å²) in [5.74, 6) is -0.184. The highest BCUT2D eigenvalue weighted by Gasteiger charge is 2.50. The Hall–Kier alpha value is -1.95. The van der Waals surface area contributed by atoms with Crippen molar-refractivity contribution in [3.63, 3.8) is 0 Å². The van der Waals surface area contributed by atoms with Gasteiger partial charge in [0.1, 0.15) is 12.6 Å². The summed E-state index contributed by atoms with van der Waals surface area (Å²) in [6, 6.07) is 20.8. The number of rotatable bonds is 7. The lowest BCUT2D eigenvalue weighted by molar-refractivity contribution is -0.143. The van der Waals surface area contributed by atoms with Gasteiger partial charge in [-0.05, 0) is 15.4 Å². The minimum Gasteiger partial charge on any atom is -0.462 e. The lowest BCUT2D eigenvalue weighted by atomic mass is 10.2. The van der Waals surface area contributed by atoms with Crippen LogP contribution in [-0.4, -0.2) is 40.1 Å². The number of ether oxygens (including phenoxy) is 1. The third kappa shape index (κ3) is 3.90. The number of carbonyl (C=O) groups is 1. The van der Waals surface area contributed by atoms with E-state index in [0.717, 1.165) is 0 Å². The fourth-order valence-corrected chi connectivity index (χ4v) is 7.97. The van der Waals surface area contributed by atoms with E-state index < -0.39 is 8.32 Å². The van der Waals surface area contributed by atoms with Crippen LogP contribution in [0.4, 0.5) is 0 Å². The average molecular weight is 370 g/mol. The maximum absolute atomic E-state index is 11.7. The maximum atomic E-state index is 11.7. The molecule has 4 nitrogen and oxygen atoms in total. The summed E-state index contributed by atoms with van der Waals surface area (Å²) >= 11 is 0. The van der Waals surface area contributed by atoms with Gasteiger partial charge in [0.2, 0.25) is 0 Å². The quantitative estimate of drug-likeness (QED) is 0.351.